The van der Waals surface area contributed by atoms with Crippen molar-refractivity contribution < 1.29 is 39.2 Å². The van der Waals surface area contributed by atoms with Crippen molar-refractivity contribution in [1.82, 2.24) is 0 Å². The number of carbonyl (C=O) groups excluding carboxylic acids is 1. The normalized spacial score (nSPS) is 24.1. The Kier molecular flexibility index (Phi) is 4.64. The Morgan fingerprint density at radius 1 is 0.950 bits per heavy atom. The zero-order valence-corrected chi connectivity index (χ0v) is 11.3. The van der Waals surface area contributed by atoms with Crippen LogP contribution in [0.3, 0.4) is 0 Å². The summed E-state index contributed by atoms with van der Waals surface area (Å²) in [7, 11) is 0. The summed E-state index contributed by atoms with van der Waals surface area (Å²) in [6, 6.07) is 0. The molecular formula is C11H14O8S. The predicted octanol–water partition coefficient (Wildman–Crippen LogP) is -0.130. The first-order valence-electron chi connectivity index (χ1n) is 5.75. The van der Waals surface area contributed by atoms with Crippen LogP contribution in [0.25, 0.3) is 0 Å². The Hall–Kier alpha value is -1.77. The van der Waals surface area contributed by atoms with Gasteiger partial charge >= 0.3 is 23.9 Å². The number of ether oxygens (including phenoxy) is 1. The molecule has 1 fully saturated rings. The average Bonchev–Trinajstić information content (AvgIpc) is 2.78. The Morgan fingerprint density at radius 2 is 1.40 bits per heavy atom. The summed E-state index contributed by atoms with van der Waals surface area (Å²) in [5.41, 5.74) is -5.33. The van der Waals surface area contributed by atoms with Gasteiger partial charge in [-0.15, -0.1) is 0 Å². The number of esters is 1. The van der Waals surface area contributed by atoms with E-state index in [1.54, 1.807) is 0 Å². The van der Waals surface area contributed by atoms with Crippen LogP contribution in [0, 0.1) is 10.8 Å². The summed E-state index contributed by atoms with van der Waals surface area (Å²) >= 11 is 3.78. The van der Waals surface area contributed by atoms with Gasteiger partial charge in [0.1, 0.15) is 6.61 Å². The standard InChI is InChI=1S/C11H14O8S/c12-6(13)10(7(14)15)2-1-3-11(10,8(16)17)9(18)19-4-5-20/h20H,1-5H2,(H,12,13)(H,14,15)(H,16,17). The fraction of sp³-hybridized carbons (Fsp3) is 0.636. The van der Waals surface area contributed by atoms with E-state index in [1.807, 2.05) is 0 Å². The second-order valence-electron chi connectivity index (χ2n) is 4.44. The third kappa shape index (κ3) is 2.01. The van der Waals surface area contributed by atoms with Gasteiger partial charge in [0.05, 0.1) is 0 Å². The average molecular weight is 306 g/mol. The molecule has 1 unspecified atom stereocenters. The summed E-state index contributed by atoms with van der Waals surface area (Å²) in [5.74, 6) is -6.75. The molecule has 0 aromatic heterocycles. The van der Waals surface area contributed by atoms with Crippen molar-refractivity contribution in [2.24, 2.45) is 10.8 Å². The van der Waals surface area contributed by atoms with E-state index in [2.05, 4.69) is 17.4 Å². The minimum absolute atomic E-state index is 0.0130. The highest BCUT2D eigenvalue weighted by Gasteiger charge is 2.74. The van der Waals surface area contributed by atoms with Gasteiger partial charge in [0, 0.05) is 5.75 Å². The van der Waals surface area contributed by atoms with Gasteiger partial charge in [-0.25, -0.2) is 0 Å². The maximum absolute atomic E-state index is 12.0. The van der Waals surface area contributed by atoms with E-state index in [1.165, 1.54) is 0 Å². The molecule has 0 saturated heterocycles. The van der Waals surface area contributed by atoms with Gasteiger partial charge < -0.3 is 20.1 Å². The van der Waals surface area contributed by atoms with Crippen molar-refractivity contribution in [3.63, 3.8) is 0 Å². The number of carboxylic acid groups (broad SMARTS) is 3. The molecule has 0 radical (unpaired) electrons. The van der Waals surface area contributed by atoms with Gasteiger partial charge in [-0.2, -0.15) is 12.6 Å². The molecule has 0 spiro atoms. The minimum Gasteiger partial charge on any atom is -0.480 e. The first kappa shape index (κ1) is 16.3. The third-order valence-corrected chi connectivity index (χ3v) is 3.78. The molecule has 8 nitrogen and oxygen atoms in total. The van der Waals surface area contributed by atoms with Crippen molar-refractivity contribution in [1.29, 1.82) is 0 Å². The molecule has 1 saturated carbocycles. The molecule has 3 N–H and O–H groups in total. The van der Waals surface area contributed by atoms with E-state index in [9.17, 15) is 34.5 Å². The molecule has 1 aliphatic carbocycles. The molecule has 0 aromatic rings. The summed E-state index contributed by atoms with van der Waals surface area (Å²) < 4.78 is 4.67. The van der Waals surface area contributed by atoms with Gasteiger partial charge in [0.2, 0.25) is 0 Å². The number of hydrogen-bond donors (Lipinski definition) is 4. The number of carbonyl (C=O) groups is 4. The molecule has 0 amide bonds. The molecule has 0 aliphatic heterocycles. The van der Waals surface area contributed by atoms with Crippen molar-refractivity contribution in [2.75, 3.05) is 12.4 Å². The molecule has 1 rings (SSSR count). The molecule has 112 valence electrons. The number of hydrogen-bond acceptors (Lipinski definition) is 6. The predicted molar refractivity (Wildman–Crippen MR) is 66.4 cm³/mol. The first-order valence-corrected chi connectivity index (χ1v) is 6.39. The quantitative estimate of drug-likeness (QED) is 0.302. The van der Waals surface area contributed by atoms with E-state index in [0.717, 1.165) is 0 Å². The molecule has 1 aliphatic rings. The molecule has 20 heavy (non-hydrogen) atoms. The first-order chi connectivity index (χ1) is 9.27. The number of thiol groups is 1. The fourth-order valence-electron chi connectivity index (χ4n) is 2.63. The number of carboxylic acids is 3. The summed E-state index contributed by atoms with van der Waals surface area (Å²) in [6.45, 7) is -0.230. The van der Waals surface area contributed by atoms with Crippen molar-refractivity contribution in [2.45, 2.75) is 19.3 Å². The Bertz CT molecular complexity index is 445. The van der Waals surface area contributed by atoms with Gasteiger partial charge in [-0.1, -0.05) is 0 Å². The lowest BCUT2D eigenvalue weighted by Crippen LogP contribution is -2.58. The second kappa shape index (κ2) is 5.70. The van der Waals surface area contributed by atoms with E-state index in [-0.39, 0.29) is 18.8 Å². The Labute approximate surface area is 119 Å². The molecule has 0 heterocycles. The molecule has 1 atom stereocenters. The SMILES string of the molecule is O=C(O)C1(C(=O)O)CCCC1(C(=O)O)C(=O)OCCS. The topological polar surface area (TPSA) is 138 Å². The number of rotatable bonds is 6. The van der Waals surface area contributed by atoms with Crippen molar-refractivity contribution >= 4 is 36.5 Å². The molecule has 0 aromatic carbocycles. The number of aliphatic carboxylic acids is 3. The molecule has 0 bridgehead atoms. The molecular weight excluding hydrogens is 292 g/mol. The van der Waals surface area contributed by atoms with E-state index in [4.69, 9.17) is 0 Å². The van der Waals surface area contributed by atoms with E-state index < -0.39 is 47.5 Å². The summed E-state index contributed by atoms with van der Waals surface area (Å²) in [6.07, 6.45) is -0.854. The third-order valence-electron chi connectivity index (χ3n) is 3.60. The van der Waals surface area contributed by atoms with Crippen LogP contribution in [0.4, 0.5) is 0 Å². The van der Waals surface area contributed by atoms with Crippen LogP contribution in [0.15, 0.2) is 0 Å². The summed E-state index contributed by atoms with van der Waals surface area (Å²) in [5, 5.41) is 27.8. The lowest BCUT2D eigenvalue weighted by atomic mass is 9.65. The highest BCUT2D eigenvalue weighted by Crippen LogP contribution is 2.54. The fourth-order valence-corrected chi connectivity index (χ4v) is 2.72. The van der Waals surface area contributed by atoms with Gasteiger partial charge in [-0.3, -0.25) is 19.2 Å². The van der Waals surface area contributed by atoms with Gasteiger partial charge in [0.25, 0.3) is 0 Å². The van der Waals surface area contributed by atoms with Gasteiger partial charge in [-0.05, 0) is 19.3 Å². The van der Waals surface area contributed by atoms with Crippen LogP contribution >= 0.6 is 12.6 Å². The highest BCUT2D eigenvalue weighted by molar-refractivity contribution is 7.80. The lowest BCUT2D eigenvalue weighted by molar-refractivity contribution is -0.193. The smallest absolute Gasteiger partial charge is 0.325 e. The van der Waals surface area contributed by atoms with Crippen LogP contribution in [-0.4, -0.2) is 51.6 Å². The lowest BCUT2D eigenvalue weighted by Gasteiger charge is -2.34. The molecule has 9 heteroatoms. The van der Waals surface area contributed by atoms with Crippen LogP contribution in [0.1, 0.15) is 19.3 Å². The largest absolute Gasteiger partial charge is 0.480 e. The zero-order chi connectivity index (χ0) is 15.6. The maximum atomic E-state index is 12.0. The second-order valence-corrected chi connectivity index (χ2v) is 4.89. The van der Waals surface area contributed by atoms with Crippen LogP contribution < -0.4 is 0 Å². The van der Waals surface area contributed by atoms with Crippen LogP contribution in [0.5, 0.6) is 0 Å². The van der Waals surface area contributed by atoms with Gasteiger partial charge in [0.15, 0.2) is 10.8 Å². The van der Waals surface area contributed by atoms with Crippen LogP contribution in [-0.2, 0) is 23.9 Å². The monoisotopic (exact) mass is 306 g/mol. The Balaban J connectivity index is 3.42. The van der Waals surface area contributed by atoms with E-state index in [0.29, 0.717) is 0 Å². The van der Waals surface area contributed by atoms with E-state index >= 15 is 0 Å². The highest BCUT2D eigenvalue weighted by atomic mass is 32.1. The summed E-state index contributed by atoms with van der Waals surface area (Å²) in [4.78, 5) is 46.3. The Morgan fingerprint density at radius 3 is 1.80 bits per heavy atom. The van der Waals surface area contributed by atoms with Crippen LogP contribution in [0.2, 0.25) is 0 Å². The van der Waals surface area contributed by atoms with Crippen molar-refractivity contribution in [3.8, 4) is 0 Å². The van der Waals surface area contributed by atoms with Crippen molar-refractivity contribution in [3.05, 3.63) is 0 Å². The maximum Gasteiger partial charge on any atom is 0.325 e. The minimum atomic E-state index is -2.72. The zero-order valence-electron chi connectivity index (χ0n) is 10.4.